The molecule has 0 aromatic heterocycles. The average Bonchev–Trinajstić information content (AvgIpc) is 2.32. The van der Waals surface area contributed by atoms with E-state index in [1.54, 1.807) is 11.8 Å². The minimum Gasteiger partial charge on any atom is -0.396 e. The highest BCUT2D eigenvalue weighted by Crippen LogP contribution is 2.11. The first-order valence-electron chi connectivity index (χ1n) is 5.17. The number of nitrogens with one attached hydrogen (secondary N) is 1. The Morgan fingerprint density at radius 2 is 2.35 bits per heavy atom. The minimum atomic E-state index is -0.571. The van der Waals surface area contributed by atoms with E-state index in [4.69, 9.17) is 5.73 Å². The summed E-state index contributed by atoms with van der Waals surface area (Å²) in [4.78, 5) is 11.6. The molecule has 0 heterocycles. The maximum Gasteiger partial charge on any atom is 0.251 e. The van der Waals surface area contributed by atoms with Crippen molar-refractivity contribution in [2.75, 3.05) is 23.8 Å². The van der Waals surface area contributed by atoms with Crippen molar-refractivity contribution in [1.29, 1.82) is 0 Å². The second kappa shape index (κ2) is 6.96. The molecule has 0 aliphatic carbocycles. The van der Waals surface area contributed by atoms with E-state index < -0.39 is 5.82 Å². The molecule has 1 rings (SSSR count). The lowest BCUT2D eigenvalue weighted by Gasteiger charge is -2.05. The van der Waals surface area contributed by atoms with Gasteiger partial charge in [0.1, 0.15) is 5.82 Å². The van der Waals surface area contributed by atoms with E-state index in [-0.39, 0.29) is 17.2 Å². The number of nitrogen functional groups attached to an aromatic ring is 1. The zero-order chi connectivity index (χ0) is 12.7. The summed E-state index contributed by atoms with van der Waals surface area (Å²) < 4.78 is 13.1. The number of anilines is 1. The molecule has 0 saturated carbocycles. The number of benzene rings is 1. The number of amides is 1. The second-order valence-corrected chi connectivity index (χ2v) is 4.51. The first-order chi connectivity index (χ1) is 8.15. The third-order valence-electron chi connectivity index (χ3n) is 2.03. The first-order valence-corrected chi connectivity index (χ1v) is 6.32. The number of nitrogens with two attached hydrogens (primary N) is 1. The van der Waals surface area contributed by atoms with Crippen molar-refractivity contribution in [2.24, 2.45) is 0 Å². The lowest BCUT2D eigenvalue weighted by atomic mass is 10.2. The summed E-state index contributed by atoms with van der Waals surface area (Å²) in [6.07, 6.45) is 1.81. The molecule has 1 amide bonds. The lowest BCUT2D eigenvalue weighted by molar-refractivity contribution is 0.0956. The SMILES string of the molecule is C=CCSCCNC(=O)c1ccc(N)c(F)c1. The summed E-state index contributed by atoms with van der Waals surface area (Å²) >= 11 is 1.67. The molecule has 1 aromatic carbocycles. The molecule has 3 nitrogen and oxygen atoms in total. The lowest BCUT2D eigenvalue weighted by Crippen LogP contribution is -2.25. The van der Waals surface area contributed by atoms with Gasteiger partial charge in [-0.1, -0.05) is 6.08 Å². The van der Waals surface area contributed by atoms with Crippen LogP contribution in [0.25, 0.3) is 0 Å². The van der Waals surface area contributed by atoms with E-state index in [0.29, 0.717) is 6.54 Å². The molecule has 1 aromatic rings. The van der Waals surface area contributed by atoms with Crippen LogP contribution in [0.15, 0.2) is 30.9 Å². The molecule has 0 aliphatic heterocycles. The Labute approximate surface area is 104 Å². The van der Waals surface area contributed by atoms with E-state index in [9.17, 15) is 9.18 Å². The topological polar surface area (TPSA) is 55.1 Å². The molecule has 92 valence electrons. The van der Waals surface area contributed by atoms with Crippen LogP contribution >= 0.6 is 11.8 Å². The van der Waals surface area contributed by atoms with Crippen LogP contribution in [0, 0.1) is 5.82 Å². The van der Waals surface area contributed by atoms with Crippen LogP contribution in [-0.4, -0.2) is 24.0 Å². The number of hydrogen-bond donors (Lipinski definition) is 2. The van der Waals surface area contributed by atoms with Crippen LogP contribution in [0.2, 0.25) is 0 Å². The number of rotatable bonds is 6. The Balaban J connectivity index is 2.41. The highest BCUT2D eigenvalue weighted by molar-refractivity contribution is 7.99. The average molecular weight is 254 g/mol. The predicted molar refractivity (Wildman–Crippen MR) is 70.7 cm³/mol. The monoisotopic (exact) mass is 254 g/mol. The number of carbonyl (C=O) groups is 1. The number of carbonyl (C=O) groups excluding carboxylic acids is 1. The van der Waals surface area contributed by atoms with Gasteiger partial charge >= 0.3 is 0 Å². The Kier molecular flexibility index (Phi) is 5.56. The molecule has 0 aliphatic rings. The molecule has 0 bridgehead atoms. The third-order valence-corrected chi connectivity index (χ3v) is 2.99. The molecule has 0 saturated heterocycles. The molecule has 3 N–H and O–H groups in total. The van der Waals surface area contributed by atoms with Crippen LogP contribution in [-0.2, 0) is 0 Å². The fourth-order valence-electron chi connectivity index (χ4n) is 1.17. The Hall–Kier alpha value is -1.49. The van der Waals surface area contributed by atoms with Crippen molar-refractivity contribution in [2.45, 2.75) is 0 Å². The van der Waals surface area contributed by atoms with Gasteiger partial charge in [-0.2, -0.15) is 11.8 Å². The van der Waals surface area contributed by atoms with Crippen LogP contribution in [0.5, 0.6) is 0 Å². The maximum absolute atomic E-state index is 13.1. The molecular formula is C12H15FN2OS. The number of thioether (sulfide) groups is 1. The van der Waals surface area contributed by atoms with E-state index in [1.807, 2.05) is 6.08 Å². The van der Waals surface area contributed by atoms with Crippen molar-refractivity contribution >= 4 is 23.4 Å². The minimum absolute atomic E-state index is 0.0445. The number of hydrogen-bond acceptors (Lipinski definition) is 3. The summed E-state index contributed by atoms with van der Waals surface area (Å²) in [5.41, 5.74) is 5.65. The zero-order valence-corrected chi connectivity index (χ0v) is 10.2. The van der Waals surface area contributed by atoms with Gasteiger partial charge in [0, 0.05) is 23.6 Å². The first kappa shape index (κ1) is 13.6. The van der Waals surface area contributed by atoms with Gasteiger partial charge in [-0.05, 0) is 18.2 Å². The molecule has 0 fully saturated rings. The normalized spacial score (nSPS) is 9.94. The van der Waals surface area contributed by atoms with Crippen molar-refractivity contribution in [3.8, 4) is 0 Å². The molecule has 5 heteroatoms. The van der Waals surface area contributed by atoms with E-state index in [0.717, 1.165) is 17.6 Å². The van der Waals surface area contributed by atoms with Crippen molar-refractivity contribution < 1.29 is 9.18 Å². The van der Waals surface area contributed by atoms with Gasteiger partial charge in [-0.3, -0.25) is 4.79 Å². The van der Waals surface area contributed by atoms with E-state index >= 15 is 0 Å². The Morgan fingerprint density at radius 3 is 3.00 bits per heavy atom. The molecule has 17 heavy (non-hydrogen) atoms. The summed E-state index contributed by atoms with van der Waals surface area (Å²) in [6.45, 7) is 4.14. The van der Waals surface area contributed by atoms with Crippen LogP contribution in [0.3, 0.4) is 0 Å². The van der Waals surface area contributed by atoms with Crippen molar-refractivity contribution in [3.63, 3.8) is 0 Å². The smallest absolute Gasteiger partial charge is 0.251 e. The van der Waals surface area contributed by atoms with Gasteiger partial charge in [0.15, 0.2) is 0 Å². The molecule has 0 radical (unpaired) electrons. The van der Waals surface area contributed by atoms with Crippen LogP contribution in [0.4, 0.5) is 10.1 Å². The zero-order valence-electron chi connectivity index (χ0n) is 9.41. The quantitative estimate of drug-likeness (QED) is 0.464. The predicted octanol–water partition coefficient (Wildman–Crippen LogP) is 2.06. The van der Waals surface area contributed by atoms with Gasteiger partial charge in [-0.15, -0.1) is 6.58 Å². The summed E-state index contributed by atoms with van der Waals surface area (Å²) in [6, 6.07) is 4.03. The van der Waals surface area contributed by atoms with E-state index in [2.05, 4.69) is 11.9 Å². The van der Waals surface area contributed by atoms with Crippen molar-refractivity contribution in [3.05, 3.63) is 42.2 Å². The molecule has 0 unspecified atom stereocenters. The van der Waals surface area contributed by atoms with E-state index in [1.165, 1.54) is 12.1 Å². The Bertz CT molecular complexity index is 409. The fourth-order valence-corrected chi connectivity index (χ4v) is 1.75. The van der Waals surface area contributed by atoms with Gasteiger partial charge in [-0.25, -0.2) is 4.39 Å². The largest absolute Gasteiger partial charge is 0.396 e. The van der Waals surface area contributed by atoms with Gasteiger partial charge in [0.05, 0.1) is 5.69 Å². The third kappa shape index (κ3) is 4.48. The Morgan fingerprint density at radius 1 is 1.59 bits per heavy atom. The summed E-state index contributed by atoms with van der Waals surface area (Å²) in [5, 5.41) is 2.70. The number of halogens is 1. The van der Waals surface area contributed by atoms with Gasteiger partial charge in [0.2, 0.25) is 0 Å². The van der Waals surface area contributed by atoms with Gasteiger partial charge < -0.3 is 11.1 Å². The molecule has 0 atom stereocenters. The van der Waals surface area contributed by atoms with Gasteiger partial charge in [0.25, 0.3) is 5.91 Å². The maximum atomic E-state index is 13.1. The second-order valence-electron chi connectivity index (χ2n) is 3.36. The summed E-state index contributed by atoms with van der Waals surface area (Å²) in [7, 11) is 0. The molecule has 0 spiro atoms. The van der Waals surface area contributed by atoms with Crippen LogP contribution < -0.4 is 11.1 Å². The van der Waals surface area contributed by atoms with Crippen LogP contribution in [0.1, 0.15) is 10.4 Å². The highest BCUT2D eigenvalue weighted by Gasteiger charge is 2.07. The standard InChI is InChI=1S/C12H15FN2OS/c1-2-6-17-7-5-15-12(16)9-3-4-11(14)10(13)8-9/h2-4,8H,1,5-7,14H2,(H,15,16). The fraction of sp³-hybridized carbons (Fsp3) is 0.250. The summed E-state index contributed by atoms with van der Waals surface area (Å²) in [5.74, 6) is 0.795. The van der Waals surface area contributed by atoms with Crippen molar-refractivity contribution in [1.82, 2.24) is 5.32 Å². The molecular weight excluding hydrogens is 239 g/mol. The highest BCUT2D eigenvalue weighted by atomic mass is 32.2.